The van der Waals surface area contributed by atoms with Crippen LogP contribution in [0, 0.1) is 5.92 Å². The van der Waals surface area contributed by atoms with Gasteiger partial charge >= 0.3 is 0 Å². The van der Waals surface area contributed by atoms with E-state index in [1.807, 2.05) is 7.05 Å². The van der Waals surface area contributed by atoms with E-state index in [4.69, 9.17) is 0 Å². The van der Waals surface area contributed by atoms with Crippen molar-refractivity contribution in [3.05, 3.63) is 29.8 Å². The van der Waals surface area contributed by atoms with Crippen LogP contribution in [0.2, 0.25) is 0 Å². The Bertz CT molecular complexity index is 695. The van der Waals surface area contributed by atoms with Crippen molar-refractivity contribution in [2.24, 2.45) is 10.9 Å². The van der Waals surface area contributed by atoms with Gasteiger partial charge in [-0.25, -0.2) is 0 Å². The van der Waals surface area contributed by atoms with E-state index < -0.39 is 0 Å². The van der Waals surface area contributed by atoms with Crippen molar-refractivity contribution >= 4 is 41.5 Å². The van der Waals surface area contributed by atoms with E-state index in [0.29, 0.717) is 12.6 Å². The van der Waals surface area contributed by atoms with Gasteiger partial charge in [0.1, 0.15) is 0 Å². The number of rotatable bonds is 6. The molecule has 2 heterocycles. The number of benzene rings is 1. The number of guanidine groups is 1. The number of carbonyl (C=O) groups is 1. The lowest BCUT2D eigenvalue weighted by Crippen LogP contribution is -2.49. The molecule has 2 aliphatic heterocycles. The standard InChI is InChI=1S/C23H38N6O.HI/c1-18-8-14-29(15-9-18)21-6-4-19(5-7-21)16-26-23(25-3)27-20-10-12-28(13-11-20)17-22(30)24-2;/h4-7,18,20H,8-17H2,1-3H3,(H,24,30)(H2,25,26,27);1H. The Hall–Kier alpha value is -1.55. The van der Waals surface area contributed by atoms with Gasteiger partial charge in [0, 0.05) is 58.5 Å². The van der Waals surface area contributed by atoms with Gasteiger partial charge < -0.3 is 20.9 Å². The first-order chi connectivity index (χ1) is 14.6. The molecule has 1 aromatic rings. The maximum absolute atomic E-state index is 11.5. The summed E-state index contributed by atoms with van der Waals surface area (Å²) in [4.78, 5) is 20.6. The summed E-state index contributed by atoms with van der Waals surface area (Å²) in [6, 6.07) is 9.30. The zero-order valence-electron chi connectivity index (χ0n) is 19.2. The number of anilines is 1. The summed E-state index contributed by atoms with van der Waals surface area (Å²) < 4.78 is 0. The van der Waals surface area contributed by atoms with E-state index in [2.05, 4.69) is 61.9 Å². The molecule has 1 amide bonds. The fourth-order valence-electron chi connectivity index (χ4n) is 4.18. The highest BCUT2D eigenvalue weighted by Gasteiger charge is 2.21. The van der Waals surface area contributed by atoms with Gasteiger partial charge in [0.15, 0.2) is 5.96 Å². The predicted molar refractivity (Wildman–Crippen MR) is 139 cm³/mol. The predicted octanol–water partition coefficient (Wildman–Crippen LogP) is 2.42. The first-order valence-corrected chi connectivity index (χ1v) is 11.3. The average Bonchev–Trinajstić information content (AvgIpc) is 2.78. The van der Waals surface area contributed by atoms with Gasteiger partial charge in [0.25, 0.3) is 0 Å². The Morgan fingerprint density at radius 2 is 1.71 bits per heavy atom. The molecule has 2 saturated heterocycles. The van der Waals surface area contributed by atoms with Gasteiger partial charge in [0.2, 0.25) is 5.91 Å². The van der Waals surface area contributed by atoms with Crippen molar-refractivity contribution in [3.63, 3.8) is 0 Å². The number of hydrogen-bond acceptors (Lipinski definition) is 4. The van der Waals surface area contributed by atoms with Crippen molar-refractivity contribution in [2.45, 2.75) is 45.2 Å². The molecule has 0 spiro atoms. The highest BCUT2D eigenvalue weighted by Crippen LogP contribution is 2.23. The molecular formula is C23H39IN6O. The second-order valence-corrected chi connectivity index (χ2v) is 8.63. The highest BCUT2D eigenvalue weighted by molar-refractivity contribution is 14.0. The molecule has 8 heteroatoms. The summed E-state index contributed by atoms with van der Waals surface area (Å²) in [5.74, 6) is 1.78. The Morgan fingerprint density at radius 3 is 2.29 bits per heavy atom. The molecule has 0 radical (unpaired) electrons. The van der Waals surface area contributed by atoms with Crippen LogP contribution in [0.1, 0.15) is 38.2 Å². The lowest BCUT2D eigenvalue weighted by atomic mass is 9.99. The molecule has 0 aromatic heterocycles. The third kappa shape index (κ3) is 8.14. The van der Waals surface area contributed by atoms with Crippen LogP contribution in [-0.4, -0.2) is 69.6 Å². The van der Waals surface area contributed by atoms with Gasteiger partial charge in [-0.2, -0.15) is 0 Å². The zero-order chi connectivity index (χ0) is 21.3. The fourth-order valence-corrected chi connectivity index (χ4v) is 4.18. The number of aliphatic imine (C=N–C) groups is 1. The zero-order valence-corrected chi connectivity index (χ0v) is 21.5. The SMILES string of the molecule is CN=C(NCc1ccc(N2CCC(C)CC2)cc1)NC1CCN(CC(=O)NC)CC1.I. The molecular weight excluding hydrogens is 503 g/mol. The first kappa shape index (κ1) is 25.7. The highest BCUT2D eigenvalue weighted by atomic mass is 127. The quantitative estimate of drug-likeness (QED) is 0.293. The Morgan fingerprint density at radius 1 is 1.06 bits per heavy atom. The third-order valence-electron chi connectivity index (χ3n) is 6.34. The maximum atomic E-state index is 11.5. The summed E-state index contributed by atoms with van der Waals surface area (Å²) in [7, 11) is 3.50. The topological polar surface area (TPSA) is 72.0 Å². The second kappa shape index (κ2) is 13.1. The van der Waals surface area contributed by atoms with Crippen LogP contribution in [0.3, 0.4) is 0 Å². The van der Waals surface area contributed by atoms with Crippen LogP contribution in [-0.2, 0) is 11.3 Å². The molecule has 2 aliphatic rings. The minimum atomic E-state index is 0. The monoisotopic (exact) mass is 542 g/mol. The van der Waals surface area contributed by atoms with Gasteiger partial charge in [-0.1, -0.05) is 19.1 Å². The number of piperidine rings is 2. The van der Waals surface area contributed by atoms with Crippen molar-refractivity contribution in [1.82, 2.24) is 20.9 Å². The summed E-state index contributed by atoms with van der Waals surface area (Å²) in [6.07, 6.45) is 4.60. The number of hydrogen-bond donors (Lipinski definition) is 3. The fraction of sp³-hybridized carbons (Fsp3) is 0.652. The molecule has 2 fully saturated rings. The molecule has 0 aliphatic carbocycles. The van der Waals surface area contributed by atoms with Crippen LogP contribution in [0.5, 0.6) is 0 Å². The Balaban J connectivity index is 0.00000341. The second-order valence-electron chi connectivity index (χ2n) is 8.63. The summed E-state index contributed by atoms with van der Waals surface area (Å²) in [5, 5.41) is 9.67. The van der Waals surface area contributed by atoms with Gasteiger partial charge in [-0.15, -0.1) is 24.0 Å². The molecule has 0 bridgehead atoms. The molecule has 1 aromatic carbocycles. The lowest BCUT2D eigenvalue weighted by Gasteiger charge is -2.32. The van der Waals surface area contributed by atoms with Crippen molar-refractivity contribution in [2.75, 3.05) is 51.7 Å². The normalized spacial score (nSPS) is 18.9. The van der Waals surface area contributed by atoms with Crippen LogP contribution in [0.15, 0.2) is 29.3 Å². The summed E-state index contributed by atoms with van der Waals surface area (Å²) in [6.45, 7) is 7.78. The van der Waals surface area contributed by atoms with Gasteiger partial charge in [0.05, 0.1) is 6.54 Å². The number of carbonyl (C=O) groups excluding carboxylic acids is 1. The van der Waals surface area contributed by atoms with Crippen LogP contribution < -0.4 is 20.9 Å². The Kier molecular flexibility index (Phi) is 10.9. The van der Waals surface area contributed by atoms with E-state index in [-0.39, 0.29) is 29.9 Å². The number of nitrogens with zero attached hydrogens (tertiary/aromatic N) is 3. The molecule has 7 nitrogen and oxygen atoms in total. The largest absolute Gasteiger partial charge is 0.372 e. The average molecular weight is 543 g/mol. The van der Waals surface area contributed by atoms with E-state index in [9.17, 15) is 4.79 Å². The van der Waals surface area contributed by atoms with Crippen LogP contribution in [0.4, 0.5) is 5.69 Å². The van der Waals surface area contributed by atoms with Gasteiger partial charge in [-0.3, -0.25) is 14.7 Å². The van der Waals surface area contributed by atoms with Crippen molar-refractivity contribution in [1.29, 1.82) is 0 Å². The van der Waals surface area contributed by atoms with E-state index in [1.165, 1.54) is 24.1 Å². The Labute approximate surface area is 204 Å². The molecule has 174 valence electrons. The minimum Gasteiger partial charge on any atom is -0.372 e. The maximum Gasteiger partial charge on any atom is 0.233 e. The summed E-state index contributed by atoms with van der Waals surface area (Å²) >= 11 is 0. The number of halogens is 1. The van der Waals surface area contributed by atoms with Crippen LogP contribution in [0.25, 0.3) is 0 Å². The summed E-state index contributed by atoms with van der Waals surface area (Å²) in [5.41, 5.74) is 2.59. The molecule has 0 unspecified atom stereocenters. The number of likely N-dealkylation sites (N-methyl/N-ethyl adjacent to an activating group) is 1. The lowest BCUT2D eigenvalue weighted by molar-refractivity contribution is -0.122. The number of likely N-dealkylation sites (tertiary alicyclic amines) is 1. The molecule has 3 rings (SSSR count). The first-order valence-electron chi connectivity index (χ1n) is 11.3. The smallest absolute Gasteiger partial charge is 0.233 e. The minimum absolute atomic E-state index is 0. The van der Waals surface area contributed by atoms with Crippen molar-refractivity contribution in [3.8, 4) is 0 Å². The molecule has 0 saturated carbocycles. The number of nitrogens with one attached hydrogen (secondary N) is 3. The number of amides is 1. The van der Waals surface area contributed by atoms with E-state index in [1.54, 1.807) is 7.05 Å². The van der Waals surface area contributed by atoms with E-state index >= 15 is 0 Å². The van der Waals surface area contributed by atoms with E-state index in [0.717, 1.165) is 57.4 Å². The van der Waals surface area contributed by atoms with Gasteiger partial charge in [-0.05, 0) is 49.3 Å². The third-order valence-corrected chi connectivity index (χ3v) is 6.34. The molecule has 3 N–H and O–H groups in total. The van der Waals surface area contributed by atoms with Crippen LogP contribution >= 0.6 is 24.0 Å². The molecule has 31 heavy (non-hydrogen) atoms. The molecule has 0 atom stereocenters. The van der Waals surface area contributed by atoms with Crippen molar-refractivity contribution < 1.29 is 4.79 Å².